The van der Waals surface area contributed by atoms with Crippen molar-refractivity contribution in [2.24, 2.45) is 0 Å². The number of thiazole rings is 1. The van der Waals surface area contributed by atoms with Gasteiger partial charge in [-0.1, -0.05) is 0 Å². The van der Waals surface area contributed by atoms with E-state index < -0.39 is 0 Å². The second kappa shape index (κ2) is 4.02. The van der Waals surface area contributed by atoms with Crippen molar-refractivity contribution in [3.8, 4) is 11.3 Å². The van der Waals surface area contributed by atoms with Gasteiger partial charge in [0.25, 0.3) is 0 Å². The topological polar surface area (TPSA) is 12.9 Å². The fourth-order valence-electron chi connectivity index (χ4n) is 2.22. The van der Waals surface area contributed by atoms with E-state index in [2.05, 4.69) is 45.0 Å². The molecule has 0 aliphatic rings. The van der Waals surface area contributed by atoms with Gasteiger partial charge in [-0.3, -0.25) is 0 Å². The van der Waals surface area contributed by atoms with Crippen LogP contribution < -0.4 is 0 Å². The van der Waals surface area contributed by atoms with Gasteiger partial charge in [-0.25, -0.2) is 4.98 Å². The van der Waals surface area contributed by atoms with Gasteiger partial charge in [-0.2, -0.15) is 0 Å². The van der Waals surface area contributed by atoms with Gasteiger partial charge in [-0.05, 0) is 62.4 Å². The molecule has 0 aliphatic heterocycles. The highest BCUT2D eigenvalue weighted by Crippen LogP contribution is 2.33. The first kappa shape index (κ1) is 11.3. The van der Waals surface area contributed by atoms with E-state index in [1.807, 2.05) is 5.51 Å². The molecule has 0 amide bonds. The Kier molecular flexibility index (Phi) is 2.85. The Hall–Kier alpha value is -1.15. The fourth-order valence-corrected chi connectivity index (χ4v) is 2.76. The molecule has 2 rings (SSSR count). The van der Waals surface area contributed by atoms with Crippen molar-refractivity contribution in [3.63, 3.8) is 0 Å². The molecule has 0 saturated carbocycles. The summed E-state index contributed by atoms with van der Waals surface area (Å²) in [5.74, 6) is 0. The zero-order valence-electron chi connectivity index (χ0n) is 10.5. The number of aromatic nitrogens is 1. The van der Waals surface area contributed by atoms with E-state index >= 15 is 0 Å². The minimum absolute atomic E-state index is 1.12. The smallest absolute Gasteiger partial charge is 0.0816 e. The first-order valence-corrected chi connectivity index (χ1v) is 6.43. The third-order valence-corrected chi connectivity index (χ3v) is 4.27. The van der Waals surface area contributed by atoms with Crippen molar-refractivity contribution >= 4 is 11.3 Å². The maximum atomic E-state index is 4.44. The second-order valence-electron chi connectivity index (χ2n) is 4.37. The number of rotatable bonds is 1. The molecule has 0 saturated heterocycles. The zero-order valence-corrected chi connectivity index (χ0v) is 11.3. The van der Waals surface area contributed by atoms with Crippen LogP contribution in [0.2, 0.25) is 0 Å². The van der Waals surface area contributed by atoms with E-state index in [1.165, 1.54) is 33.4 Å². The Morgan fingerprint density at radius 3 is 1.75 bits per heavy atom. The predicted octanol–water partition coefficient (Wildman–Crippen LogP) is 4.35. The summed E-state index contributed by atoms with van der Waals surface area (Å²) in [6.45, 7) is 11.0. The normalized spacial score (nSPS) is 10.8. The van der Waals surface area contributed by atoms with Crippen LogP contribution in [-0.2, 0) is 0 Å². The number of nitrogens with zero attached hydrogens (tertiary/aromatic N) is 1. The maximum Gasteiger partial charge on any atom is 0.0816 e. The van der Waals surface area contributed by atoms with E-state index in [0.717, 1.165) is 5.69 Å². The van der Waals surface area contributed by atoms with Crippen LogP contribution in [0.3, 0.4) is 0 Å². The van der Waals surface area contributed by atoms with Crippen molar-refractivity contribution in [3.05, 3.63) is 38.7 Å². The molecule has 0 fully saturated rings. The molecule has 0 atom stereocenters. The van der Waals surface area contributed by atoms with Gasteiger partial charge in [-0.15, -0.1) is 11.3 Å². The molecule has 0 N–H and O–H groups in total. The summed E-state index contributed by atoms with van der Waals surface area (Å²) in [6, 6.07) is 0. The van der Waals surface area contributed by atoms with Gasteiger partial charge in [0.2, 0.25) is 0 Å². The van der Waals surface area contributed by atoms with Crippen molar-refractivity contribution in [1.29, 1.82) is 0 Å². The summed E-state index contributed by atoms with van der Waals surface area (Å²) in [7, 11) is 0. The third kappa shape index (κ3) is 1.57. The standard InChI is InChI=1S/C14H17NS/c1-8-9(2)11(4)14(12(5)10(8)3)13-6-16-7-15-13/h6-7H,1-5H3. The van der Waals surface area contributed by atoms with Crippen molar-refractivity contribution in [2.75, 3.05) is 0 Å². The molecule has 0 spiro atoms. The van der Waals surface area contributed by atoms with Crippen molar-refractivity contribution in [2.45, 2.75) is 34.6 Å². The van der Waals surface area contributed by atoms with E-state index in [1.54, 1.807) is 11.3 Å². The van der Waals surface area contributed by atoms with Crippen LogP contribution in [0.5, 0.6) is 0 Å². The molecule has 2 heteroatoms. The van der Waals surface area contributed by atoms with E-state index in [4.69, 9.17) is 0 Å². The Morgan fingerprint density at radius 1 is 0.812 bits per heavy atom. The molecule has 0 aliphatic carbocycles. The Bertz CT molecular complexity index is 495. The molecular weight excluding hydrogens is 214 g/mol. The molecule has 1 aromatic heterocycles. The second-order valence-corrected chi connectivity index (χ2v) is 5.09. The summed E-state index contributed by atoms with van der Waals surface area (Å²) < 4.78 is 0. The molecule has 0 radical (unpaired) electrons. The number of hydrogen-bond donors (Lipinski definition) is 0. The Labute approximate surface area is 101 Å². The van der Waals surface area contributed by atoms with Gasteiger partial charge >= 0.3 is 0 Å². The fraction of sp³-hybridized carbons (Fsp3) is 0.357. The molecular formula is C14H17NS. The molecule has 0 unspecified atom stereocenters. The highest BCUT2D eigenvalue weighted by molar-refractivity contribution is 7.07. The highest BCUT2D eigenvalue weighted by Gasteiger charge is 2.14. The lowest BCUT2D eigenvalue weighted by Crippen LogP contribution is -1.99. The van der Waals surface area contributed by atoms with E-state index in [0.29, 0.717) is 0 Å². The van der Waals surface area contributed by atoms with E-state index in [9.17, 15) is 0 Å². The average Bonchev–Trinajstić information content (AvgIpc) is 2.77. The minimum atomic E-state index is 1.12. The molecule has 2 aromatic rings. The van der Waals surface area contributed by atoms with Gasteiger partial charge in [0.1, 0.15) is 0 Å². The Balaban J connectivity index is 2.81. The quantitative estimate of drug-likeness (QED) is 0.711. The van der Waals surface area contributed by atoms with Crippen LogP contribution >= 0.6 is 11.3 Å². The van der Waals surface area contributed by atoms with Gasteiger partial charge < -0.3 is 0 Å². The monoisotopic (exact) mass is 231 g/mol. The van der Waals surface area contributed by atoms with Gasteiger partial charge in [0.05, 0.1) is 11.2 Å². The summed E-state index contributed by atoms with van der Waals surface area (Å²) in [6.07, 6.45) is 0. The van der Waals surface area contributed by atoms with Crippen LogP contribution in [0.15, 0.2) is 10.9 Å². The largest absolute Gasteiger partial charge is 0.245 e. The number of hydrogen-bond acceptors (Lipinski definition) is 2. The first-order chi connectivity index (χ1) is 7.54. The summed E-state index contributed by atoms with van der Waals surface area (Å²) in [5, 5.41) is 2.13. The number of benzene rings is 1. The molecule has 16 heavy (non-hydrogen) atoms. The predicted molar refractivity (Wildman–Crippen MR) is 71.2 cm³/mol. The van der Waals surface area contributed by atoms with Crippen molar-refractivity contribution < 1.29 is 0 Å². The van der Waals surface area contributed by atoms with Crippen LogP contribution in [0, 0.1) is 34.6 Å². The molecule has 1 heterocycles. The summed E-state index contributed by atoms with van der Waals surface area (Å²) in [4.78, 5) is 4.44. The zero-order chi connectivity index (χ0) is 11.9. The molecule has 84 valence electrons. The van der Waals surface area contributed by atoms with Gasteiger partial charge in [0.15, 0.2) is 0 Å². The lowest BCUT2D eigenvalue weighted by molar-refractivity contribution is 1.17. The Morgan fingerprint density at radius 2 is 1.31 bits per heavy atom. The third-order valence-electron chi connectivity index (χ3n) is 3.69. The molecule has 1 aromatic carbocycles. The van der Waals surface area contributed by atoms with Crippen molar-refractivity contribution in [1.82, 2.24) is 4.98 Å². The van der Waals surface area contributed by atoms with Gasteiger partial charge in [0, 0.05) is 10.9 Å². The summed E-state index contributed by atoms with van der Waals surface area (Å²) in [5.41, 5.74) is 11.3. The molecule has 0 bridgehead atoms. The lowest BCUT2D eigenvalue weighted by Gasteiger charge is -2.17. The van der Waals surface area contributed by atoms with Crippen LogP contribution in [0.1, 0.15) is 27.8 Å². The molecule has 1 nitrogen and oxygen atoms in total. The maximum absolute atomic E-state index is 4.44. The minimum Gasteiger partial charge on any atom is -0.245 e. The highest BCUT2D eigenvalue weighted by atomic mass is 32.1. The first-order valence-electron chi connectivity index (χ1n) is 5.49. The SMILES string of the molecule is Cc1c(C)c(C)c(-c2cscn2)c(C)c1C. The van der Waals surface area contributed by atoms with Crippen LogP contribution in [0.4, 0.5) is 0 Å². The lowest BCUT2D eigenvalue weighted by atomic mass is 9.88. The van der Waals surface area contributed by atoms with E-state index in [-0.39, 0.29) is 0 Å². The van der Waals surface area contributed by atoms with Crippen LogP contribution in [-0.4, -0.2) is 4.98 Å². The average molecular weight is 231 g/mol. The summed E-state index contributed by atoms with van der Waals surface area (Å²) >= 11 is 1.66. The van der Waals surface area contributed by atoms with Crippen LogP contribution in [0.25, 0.3) is 11.3 Å².